The molecule has 116 valence electrons. The first-order valence-electron chi connectivity index (χ1n) is 7.86. The van der Waals surface area contributed by atoms with E-state index in [9.17, 15) is 9.59 Å². The zero-order valence-corrected chi connectivity index (χ0v) is 12.9. The molecule has 0 saturated heterocycles. The number of hydrogen-bond donors (Lipinski definition) is 2. The number of amides is 2. The van der Waals surface area contributed by atoms with Gasteiger partial charge in [0.1, 0.15) is 0 Å². The van der Waals surface area contributed by atoms with E-state index in [2.05, 4.69) is 5.32 Å². The molecule has 1 fully saturated rings. The van der Waals surface area contributed by atoms with Gasteiger partial charge in [-0.15, -0.1) is 0 Å². The Bertz CT molecular complexity index is 316. The van der Waals surface area contributed by atoms with Crippen LogP contribution < -0.4 is 11.1 Å². The molecule has 1 saturated carbocycles. The molecular formula is C15H29N3O2. The van der Waals surface area contributed by atoms with E-state index in [1.54, 1.807) is 4.90 Å². The molecule has 2 unspecified atom stereocenters. The fraction of sp³-hybridized carbons (Fsp3) is 0.867. The van der Waals surface area contributed by atoms with Crippen LogP contribution in [0.3, 0.4) is 0 Å². The molecule has 20 heavy (non-hydrogen) atoms. The molecular weight excluding hydrogens is 254 g/mol. The number of nitrogens with zero attached hydrogens (tertiary/aromatic N) is 1. The second kappa shape index (κ2) is 8.95. The Labute approximate surface area is 122 Å². The molecule has 3 N–H and O–H groups in total. The highest BCUT2D eigenvalue weighted by Crippen LogP contribution is 2.25. The molecule has 2 atom stereocenters. The van der Waals surface area contributed by atoms with Gasteiger partial charge in [-0.2, -0.15) is 0 Å². The second-order valence-corrected chi connectivity index (χ2v) is 5.66. The molecule has 0 aliphatic heterocycles. The fourth-order valence-corrected chi connectivity index (χ4v) is 2.90. The highest BCUT2D eigenvalue weighted by molar-refractivity contribution is 5.79. The van der Waals surface area contributed by atoms with E-state index in [4.69, 9.17) is 5.73 Å². The number of nitrogens with one attached hydrogen (secondary N) is 1. The summed E-state index contributed by atoms with van der Waals surface area (Å²) >= 11 is 0. The van der Waals surface area contributed by atoms with Crippen LogP contribution in [-0.2, 0) is 9.59 Å². The summed E-state index contributed by atoms with van der Waals surface area (Å²) in [5.41, 5.74) is 5.92. The Balaban J connectivity index is 2.18. The van der Waals surface area contributed by atoms with Gasteiger partial charge in [0.15, 0.2) is 0 Å². The van der Waals surface area contributed by atoms with Crippen molar-refractivity contribution < 1.29 is 9.59 Å². The van der Waals surface area contributed by atoms with Gasteiger partial charge in [0.2, 0.25) is 11.8 Å². The first-order chi connectivity index (χ1) is 9.56. The van der Waals surface area contributed by atoms with E-state index in [0.29, 0.717) is 25.3 Å². The molecule has 1 aliphatic rings. The highest BCUT2D eigenvalue weighted by atomic mass is 16.2. The van der Waals surface area contributed by atoms with Crippen LogP contribution in [-0.4, -0.2) is 42.4 Å². The van der Waals surface area contributed by atoms with Crippen molar-refractivity contribution in [3.63, 3.8) is 0 Å². The van der Waals surface area contributed by atoms with Crippen LogP contribution >= 0.6 is 0 Å². The van der Waals surface area contributed by atoms with Crippen molar-refractivity contribution in [2.45, 2.75) is 58.4 Å². The number of rotatable bonds is 7. The quantitative estimate of drug-likeness (QED) is 0.739. The minimum absolute atomic E-state index is 0.0523. The smallest absolute Gasteiger partial charge is 0.224 e. The number of nitrogens with two attached hydrogens (primary N) is 1. The van der Waals surface area contributed by atoms with Gasteiger partial charge in [0.25, 0.3) is 0 Å². The van der Waals surface area contributed by atoms with Crippen molar-refractivity contribution in [1.29, 1.82) is 0 Å². The van der Waals surface area contributed by atoms with Crippen LogP contribution in [0.15, 0.2) is 0 Å². The minimum atomic E-state index is 0.0523. The zero-order chi connectivity index (χ0) is 15.0. The fourth-order valence-electron chi connectivity index (χ4n) is 2.90. The maximum Gasteiger partial charge on any atom is 0.224 e. The lowest BCUT2D eigenvalue weighted by molar-refractivity contribution is -0.130. The van der Waals surface area contributed by atoms with Gasteiger partial charge in [0.05, 0.1) is 0 Å². The maximum absolute atomic E-state index is 11.8. The average Bonchev–Trinajstić information content (AvgIpc) is 2.40. The summed E-state index contributed by atoms with van der Waals surface area (Å²) in [5.74, 6) is 0.573. The van der Waals surface area contributed by atoms with Crippen molar-refractivity contribution in [3.8, 4) is 0 Å². The molecule has 0 aromatic rings. The van der Waals surface area contributed by atoms with Gasteiger partial charge >= 0.3 is 0 Å². The summed E-state index contributed by atoms with van der Waals surface area (Å²) in [6.45, 7) is 5.82. The number of carbonyl (C=O) groups excluding carboxylic acids is 2. The lowest BCUT2D eigenvalue weighted by Gasteiger charge is -2.26. The summed E-state index contributed by atoms with van der Waals surface area (Å²) in [6.07, 6.45) is 5.19. The minimum Gasteiger partial charge on any atom is -0.356 e. The normalized spacial score (nSPS) is 22.4. The van der Waals surface area contributed by atoms with E-state index >= 15 is 0 Å². The third-order valence-corrected chi connectivity index (χ3v) is 4.07. The van der Waals surface area contributed by atoms with Gasteiger partial charge in [-0.05, 0) is 39.0 Å². The van der Waals surface area contributed by atoms with Crippen LogP contribution in [0.5, 0.6) is 0 Å². The SMILES string of the molecule is CCN(CC)C(=O)CCNC(=O)CC1CCCC(N)C1. The average molecular weight is 283 g/mol. The Kier molecular flexibility index (Phi) is 7.59. The van der Waals surface area contributed by atoms with Gasteiger partial charge in [-0.1, -0.05) is 6.42 Å². The van der Waals surface area contributed by atoms with Gasteiger partial charge < -0.3 is 16.0 Å². The topological polar surface area (TPSA) is 75.4 Å². The molecule has 5 nitrogen and oxygen atoms in total. The third-order valence-electron chi connectivity index (χ3n) is 4.07. The summed E-state index contributed by atoms with van der Waals surface area (Å²) in [7, 11) is 0. The van der Waals surface area contributed by atoms with Crippen molar-refractivity contribution in [2.75, 3.05) is 19.6 Å². The van der Waals surface area contributed by atoms with Crippen LogP contribution in [0.1, 0.15) is 52.4 Å². The van der Waals surface area contributed by atoms with E-state index in [0.717, 1.165) is 38.8 Å². The van der Waals surface area contributed by atoms with Gasteiger partial charge in [-0.25, -0.2) is 0 Å². The highest BCUT2D eigenvalue weighted by Gasteiger charge is 2.21. The summed E-state index contributed by atoms with van der Waals surface area (Å²) in [4.78, 5) is 25.4. The van der Waals surface area contributed by atoms with Crippen molar-refractivity contribution in [2.24, 2.45) is 11.7 Å². The summed E-state index contributed by atoms with van der Waals surface area (Å²) in [5, 5.41) is 2.85. The van der Waals surface area contributed by atoms with Gasteiger partial charge in [0, 0.05) is 38.5 Å². The Morgan fingerprint density at radius 2 is 1.95 bits per heavy atom. The van der Waals surface area contributed by atoms with E-state index in [1.165, 1.54) is 0 Å². The van der Waals surface area contributed by atoms with Crippen molar-refractivity contribution in [1.82, 2.24) is 10.2 Å². The molecule has 0 aromatic heterocycles. The predicted molar refractivity (Wildman–Crippen MR) is 80.1 cm³/mol. The first-order valence-corrected chi connectivity index (χ1v) is 7.86. The molecule has 0 spiro atoms. The summed E-state index contributed by atoms with van der Waals surface area (Å²) in [6, 6.07) is 0.255. The van der Waals surface area contributed by atoms with Crippen molar-refractivity contribution in [3.05, 3.63) is 0 Å². The number of carbonyl (C=O) groups is 2. The van der Waals surface area contributed by atoms with E-state index in [1.807, 2.05) is 13.8 Å². The largest absolute Gasteiger partial charge is 0.356 e. The monoisotopic (exact) mass is 283 g/mol. The molecule has 1 aliphatic carbocycles. The standard InChI is InChI=1S/C15H29N3O2/c1-3-18(4-2)15(20)8-9-17-14(19)11-12-6-5-7-13(16)10-12/h12-13H,3-11,16H2,1-2H3,(H,17,19). The molecule has 0 aromatic carbocycles. The molecule has 5 heteroatoms. The Hall–Kier alpha value is -1.10. The van der Waals surface area contributed by atoms with Gasteiger partial charge in [-0.3, -0.25) is 9.59 Å². The number of hydrogen-bond acceptors (Lipinski definition) is 3. The second-order valence-electron chi connectivity index (χ2n) is 5.66. The molecule has 0 bridgehead atoms. The zero-order valence-electron chi connectivity index (χ0n) is 12.9. The molecule has 0 radical (unpaired) electrons. The Morgan fingerprint density at radius 3 is 2.55 bits per heavy atom. The lowest BCUT2D eigenvalue weighted by atomic mass is 9.84. The lowest BCUT2D eigenvalue weighted by Crippen LogP contribution is -2.35. The molecule has 1 rings (SSSR count). The summed E-state index contributed by atoms with van der Waals surface area (Å²) < 4.78 is 0. The molecule has 2 amide bonds. The molecule has 0 heterocycles. The van der Waals surface area contributed by atoms with E-state index in [-0.39, 0.29) is 17.9 Å². The van der Waals surface area contributed by atoms with Crippen LogP contribution in [0.4, 0.5) is 0 Å². The predicted octanol–water partition coefficient (Wildman–Crippen LogP) is 1.27. The third kappa shape index (κ3) is 5.90. The Morgan fingerprint density at radius 1 is 1.25 bits per heavy atom. The van der Waals surface area contributed by atoms with Crippen LogP contribution in [0, 0.1) is 5.92 Å². The van der Waals surface area contributed by atoms with Crippen molar-refractivity contribution >= 4 is 11.8 Å². The first kappa shape index (κ1) is 17.0. The maximum atomic E-state index is 11.8. The van der Waals surface area contributed by atoms with E-state index < -0.39 is 0 Å². The van der Waals surface area contributed by atoms with Crippen LogP contribution in [0.25, 0.3) is 0 Å². The van der Waals surface area contributed by atoms with Crippen LogP contribution in [0.2, 0.25) is 0 Å².